The van der Waals surface area contributed by atoms with Crippen LogP contribution in [0.15, 0.2) is 17.8 Å². The lowest BCUT2D eigenvalue weighted by atomic mass is 10.1. The molecule has 0 amide bonds. The maximum absolute atomic E-state index is 10.8. The van der Waals surface area contributed by atoms with Gasteiger partial charge in [0.05, 0.1) is 21.8 Å². The first-order valence-corrected chi connectivity index (χ1v) is 4.99. The fourth-order valence-corrected chi connectivity index (χ4v) is 2.16. The van der Waals surface area contributed by atoms with Gasteiger partial charge in [-0.3, -0.25) is 4.79 Å². The summed E-state index contributed by atoms with van der Waals surface area (Å²) in [6, 6.07) is 1.86. The van der Waals surface area contributed by atoms with E-state index in [2.05, 4.69) is 9.97 Å². The van der Waals surface area contributed by atoms with Crippen molar-refractivity contribution in [2.24, 2.45) is 0 Å². The average molecular weight is 208 g/mol. The summed E-state index contributed by atoms with van der Waals surface area (Å²) in [6.07, 6.45) is 1.41. The number of aliphatic carboxylic acids is 1. The quantitative estimate of drug-likeness (QED) is 0.818. The fraction of sp³-hybridized carbons (Fsp3) is 0.222. The Labute approximate surface area is 84.2 Å². The molecule has 2 heterocycles. The van der Waals surface area contributed by atoms with Crippen LogP contribution in [0.2, 0.25) is 0 Å². The number of carboxylic acid groups (broad SMARTS) is 1. The maximum Gasteiger partial charge on any atom is 0.312 e. The molecule has 0 saturated carbocycles. The summed E-state index contributed by atoms with van der Waals surface area (Å²) in [5.74, 6) is -1.45. The van der Waals surface area contributed by atoms with E-state index in [-0.39, 0.29) is 0 Å². The highest BCUT2D eigenvalue weighted by Gasteiger charge is 2.18. The third-order valence-corrected chi connectivity index (χ3v) is 2.98. The molecule has 1 unspecified atom stereocenters. The lowest BCUT2D eigenvalue weighted by molar-refractivity contribution is -0.138. The molecule has 1 atom stereocenters. The summed E-state index contributed by atoms with van der Waals surface area (Å²) in [7, 11) is 0. The van der Waals surface area contributed by atoms with Crippen LogP contribution in [0.3, 0.4) is 0 Å². The Balaban J connectivity index is 2.61. The van der Waals surface area contributed by atoms with Gasteiger partial charge in [0.25, 0.3) is 0 Å². The van der Waals surface area contributed by atoms with Crippen LogP contribution in [0.5, 0.6) is 0 Å². The SMILES string of the molecule is CC(C(=O)O)c1ncnc2ccsc12. The minimum Gasteiger partial charge on any atom is -0.481 e. The van der Waals surface area contributed by atoms with E-state index in [1.54, 1.807) is 6.92 Å². The van der Waals surface area contributed by atoms with E-state index in [1.165, 1.54) is 17.7 Å². The molecule has 0 aliphatic carbocycles. The van der Waals surface area contributed by atoms with Crippen LogP contribution in [0, 0.1) is 0 Å². The van der Waals surface area contributed by atoms with Crippen LogP contribution in [0.4, 0.5) is 0 Å². The first kappa shape index (κ1) is 9.08. The molecule has 72 valence electrons. The number of nitrogens with zero attached hydrogens (tertiary/aromatic N) is 2. The monoisotopic (exact) mass is 208 g/mol. The van der Waals surface area contributed by atoms with E-state index in [1.807, 2.05) is 11.4 Å². The first-order valence-electron chi connectivity index (χ1n) is 4.11. The van der Waals surface area contributed by atoms with Crippen molar-refractivity contribution in [3.8, 4) is 0 Å². The topological polar surface area (TPSA) is 63.1 Å². The number of hydrogen-bond acceptors (Lipinski definition) is 4. The zero-order valence-electron chi connectivity index (χ0n) is 7.47. The highest BCUT2D eigenvalue weighted by atomic mass is 32.1. The molecule has 0 spiro atoms. The largest absolute Gasteiger partial charge is 0.481 e. The van der Waals surface area contributed by atoms with Gasteiger partial charge in [-0.1, -0.05) is 0 Å². The summed E-state index contributed by atoms with van der Waals surface area (Å²) in [5, 5.41) is 10.8. The van der Waals surface area contributed by atoms with E-state index >= 15 is 0 Å². The van der Waals surface area contributed by atoms with Gasteiger partial charge in [0.15, 0.2) is 0 Å². The summed E-state index contributed by atoms with van der Waals surface area (Å²) in [5.41, 5.74) is 1.41. The molecule has 0 aromatic carbocycles. The predicted octanol–water partition coefficient (Wildman–Crippen LogP) is 1.88. The highest BCUT2D eigenvalue weighted by Crippen LogP contribution is 2.26. The second kappa shape index (κ2) is 3.34. The van der Waals surface area contributed by atoms with E-state index < -0.39 is 11.9 Å². The molecule has 5 heteroatoms. The molecule has 2 aromatic rings. The summed E-state index contributed by atoms with van der Waals surface area (Å²) in [6.45, 7) is 1.63. The Hall–Kier alpha value is -1.49. The number of thiophene rings is 1. The van der Waals surface area contributed by atoms with Crippen molar-refractivity contribution in [2.45, 2.75) is 12.8 Å². The molecule has 1 N–H and O–H groups in total. The molecule has 0 bridgehead atoms. The van der Waals surface area contributed by atoms with Crippen LogP contribution >= 0.6 is 11.3 Å². The van der Waals surface area contributed by atoms with E-state index in [9.17, 15) is 4.79 Å². The van der Waals surface area contributed by atoms with Gasteiger partial charge in [0.1, 0.15) is 6.33 Å². The summed E-state index contributed by atoms with van der Waals surface area (Å²) in [4.78, 5) is 18.9. The number of carboxylic acids is 1. The standard InChI is InChI=1S/C9H8N2O2S/c1-5(9(12)13)7-8-6(2-3-14-8)10-4-11-7/h2-5H,1H3,(H,12,13). The van der Waals surface area contributed by atoms with Crippen molar-refractivity contribution < 1.29 is 9.90 Å². The van der Waals surface area contributed by atoms with Crippen LogP contribution < -0.4 is 0 Å². The summed E-state index contributed by atoms with van der Waals surface area (Å²) >= 11 is 1.47. The Morgan fingerprint density at radius 3 is 3.07 bits per heavy atom. The second-order valence-corrected chi connectivity index (χ2v) is 3.87. The van der Waals surface area contributed by atoms with Gasteiger partial charge in [-0.05, 0) is 18.4 Å². The summed E-state index contributed by atoms with van der Waals surface area (Å²) < 4.78 is 0.863. The number of hydrogen-bond donors (Lipinski definition) is 1. The Kier molecular flexibility index (Phi) is 2.17. The molecule has 0 radical (unpaired) electrons. The lowest BCUT2D eigenvalue weighted by Gasteiger charge is -2.05. The van der Waals surface area contributed by atoms with Crippen molar-refractivity contribution in [3.05, 3.63) is 23.5 Å². The van der Waals surface area contributed by atoms with Gasteiger partial charge < -0.3 is 5.11 Å². The third-order valence-electron chi connectivity index (χ3n) is 2.05. The van der Waals surface area contributed by atoms with Crippen molar-refractivity contribution >= 4 is 27.5 Å². The van der Waals surface area contributed by atoms with Crippen molar-refractivity contribution in [3.63, 3.8) is 0 Å². The molecule has 0 aliphatic rings. The molecule has 0 aliphatic heterocycles. The molecule has 14 heavy (non-hydrogen) atoms. The molecule has 0 saturated heterocycles. The van der Waals surface area contributed by atoms with E-state index in [0.717, 1.165) is 10.2 Å². The fourth-order valence-electron chi connectivity index (χ4n) is 1.23. The number of rotatable bonds is 2. The molecular formula is C9H8N2O2S. The molecule has 2 aromatic heterocycles. The third kappa shape index (κ3) is 1.35. The van der Waals surface area contributed by atoms with Gasteiger partial charge in [0, 0.05) is 0 Å². The van der Waals surface area contributed by atoms with E-state index in [4.69, 9.17) is 5.11 Å². The van der Waals surface area contributed by atoms with Gasteiger partial charge in [-0.15, -0.1) is 11.3 Å². The van der Waals surface area contributed by atoms with Crippen molar-refractivity contribution in [2.75, 3.05) is 0 Å². The van der Waals surface area contributed by atoms with Crippen molar-refractivity contribution in [1.82, 2.24) is 9.97 Å². The second-order valence-electron chi connectivity index (χ2n) is 2.95. The lowest BCUT2D eigenvalue weighted by Crippen LogP contribution is -2.09. The van der Waals surface area contributed by atoms with Gasteiger partial charge >= 0.3 is 5.97 Å². The smallest absolute Gasteiger partial charge is 0.312 e. The molecule has 0 fully saturated rings. The normalized spacial score (nSPS) is 12.9. The molecule has 4 nitrogen and oxygen atoms in total. The van der Waals surface area contributed by atoms with E-state index in [0.29, 0.717) is 5.69 Å². The van der Waals surface area contributed by atoms with Gasteiger partial charge in [0.2, 0.25) is 0 Å². The number of carbonyl (C=O) groups is 1. The Morgan fingerprint density at radius 2 is 2.36 bits per heavy atom. The zero-order valence-corrected chi connectivity index (χ0v) is 8.28. The van der Waals surface area contributed by atoms with Crippen LogP contribution in [0.25, 0.3) is 10.2 Å². The predicted molar refractivity (Wildman–Crippen MR) is 53.5 cm³/mol. The molecular weight excluding hydrogens is 200 g/mol. The first-order chi connectivity index (χ1) is 6.70. The van der Waals surface area contributed by atoms with Crippen LogP contribution in [0.1, 0.15) is 18.5 Å². The number of aromatic nitrogens is 2. The Bertz CT molecular complexity index is 480. The zero-order chi connectivity index (χ0) is 10.1. The van der Waals surface area contributed by atoms with Gasteiger partial charge in [-0.2, -0.15) is 0 Å². The van der Waals surface area contributed by atoms with Crippen LogP contribution in [-0.4, -0.2) is 21.0 Å². The maximum atomic E-state index is 10.8. The molecule has 2 rings (SSSR count). The van der Waals surface area contributed by atoms with Gasteiger partial charge in [-0.25, -0.2) is 9.97 Å². The number of fused-ring (bicyclic) bond motifs is 1. The minimum absolute atomic E-state index is 0.584. The highest BCUT2D eigenvalue weighted by molar-refractivity contribution is 7.17. The average Bonchev–Trinajstić information content (AvgIpc) is 2.63. The minimum atomic E-state index is -0.863. The van der Waals surface area contributed by atoms with Crippen molar-refractivity contribution in [1.29, 1.82) is 0 Å². The van der Waals surface area contributed by atoms with Crippen LogP contribution in [-0.2, 0) is 4.79 Å². The Morgan fingerprint density at radius 1 is 1.57 bits per heavy atom.